The van der Waals surface area contributed by atoms with Crippen molar-refractivity contribution in [2.45, 2.75) is 38.3 Å². The summed E-state index contributed by atoms with van der Waals surface area (Å²) in [4.78, 5) is 14.7. The Morgan fingerprint density at radius 2 is 2.06 bits per heavy atom. The molecule has 1 aliphatic carbocycles. The van der Waals surface area contributed by atoms with Crippen molar-refractivity contribution in [3.05, 3.63) is 23.8 Å². The van der Waals surface area contributed by atoms with Crippen molar-refractivity contribution < 1.29 is 9.53 Å². The van der Waals surface area contributed by atoms with Gasteiger partial charge in [-0.25, -0.2) is 0 Å². The molecule has 0 aromatic heterocycles. The molecule has 1 aliphatic heterocycles. The highest BCUT2D eigenvalue weighted by atomic mass is 16.5. The molecular weight excluding hydrogens is 214 g/mol. The smallest absolute Gasteiger partial charge is 0.190 e. The summed E-state index contributed by atoms with van der Waals surface area (Å²) in [6.45, 7) is 4.29. The van der Waals surface area contributed by atoms with E-state index >= 15 is 0 Å². The Bertz CT molecular complexity index is 489. The number of Topliss-reactive ketones (excluding diaryl/α,β-unsaturated/α-hetero) is 1. The Hall–Kier alpha value is -1.51. The third-order valence-corrected chi connectivity index (χ3v) is 3.83. The maximum atomic E-state index is 12.5. The van der Waals surface area contributed by atoms with E-state index in [4.69, 9.17) is 4.74 Å². The molecule has 0 N–H and O–H groups in total. The fourth-order valence-corrected chi connectivity index (χ4v) is 2.98. The van der Waals surface area contributed by atoms with Crippen LogP contribution in [0.1, 0.15) is 37.0 Å². The van der Waals surface area contributed by atoms with Gasteiger partial charge in [-0.15, -0.1) is 0 Å². The molecule has 3 heteroatoms. The Labute approximate surface area is 101 Å². The molecule has 0 radical (unpaired) electrons. The van der Waals surface area contributed by atoms with Crippen LogP contribution in [0, 0.1) is 0 Å². The maximum Gasteiger partial charge on any atom is 0.190 e. The third kappa shape index (κ3) is 1.25. The van der Waals surface area contributed by atoms with Gasteiger partial charge in [-0.2, -0.15) is 0 Å². The van der Waals surface area contributed by atoms with Crippen molar-refractivity contribution in [3.63, 3.8) is 0 Å². The normalized spacial score (nSPS) is 20.0. The van der Waals surface area contributed by atoms with Crippen LogP contribution in [-0.4, -0.2) is 24.5 Å². The fraction of sp³-hybridized carbons (Fsp3) is 0.500. The predicted octanol–water partition coefficient (Wildman–Crippen LogP) is 2.64. The summed E-state index contributed by atoms with van der Waals surface area (Å²) in [6.07, 6.45) is 1.97. The van der Waals surface area contributed by atoms with E-state index in [1.165, 1.54) is 0 Å². The minimum absolute atomic E-state index is 0.219. The SMILES string of the molecule is COc1ccc2c(c1)C(=O)C1(CC1)N2C(C)C. The van der Waals surface area contributed by atoms with Gasteiger partial charge in [0.2, 0.25) is 0 Å². The number of rotatable bonds is 2. The van der Waals surface area contributed by atoms with Crippen molar-refractivity contribution in [1.29, 1.82) is 0 Å². The summed E-state index contributed by atoms with van der Waals surface area (Å²) >= 11 is 0. The molecule has 1 heterocycles. The Balaban J connectivity index is 2.14. The molecule has 0 bridgehead atoms. The molecule has 3 rings (SSSR count). The van der Waals surface area contributed by atoms with E-state index in [2.05, 4.69) is 18.7 Å². The molecule has 1 saturated carbocycles. The minimum Gasteiger partial charge on any atom is -0.497 e. The third-order valence-electron chi connectivity index (χ3n) is 3.83. The number of carbonyl (C=O) groups excluding carboxylic acids is 1. The number of methoxy groups -OCH3 is 1. The van der Waals surface area contributed by atoms with Crippen LogP contribution in [0.25, 0.3) is 0 Å². The highest BCUT2D eigenvalue weighted by molar-refractivity contribution is 6.16. The summed E-state index contributed by atoms with van der Waals surface area (Å²) in [5.41, 5.74) is 1.68. The van der Waals surface area contributed by atoms with Gasteiger partial charge in [0.15, 0.2) is 5.78 Å². The number of nitrogens with zero attached hydrogens (tertiary/aromatic N) is 1. The first-order chi connectivity index (χ1) is 8.10. The molecule has 1 aromatic rings. The molecule has 1 aromatic carbocycles. The number of carbonyl (C=O) groups is 1. The fourth-order valence-electron chi connectivity index (χ4n) is 2.98. The number of anilines is 1. The van der Waals surface area contributed by atoms with Crippen molar-refractivity contribution in [3.8, 4) is 5.75 Å². The standard InChI is InChI=1S/C14H17NO2/c1-9(2)15-12-5-4-10(17-3)8-11(12)13(16)14(15)6-7-14/h4-5,8-9H,6-7H2,1-3H3. The molecule has 1 fully saturated rings. The molecule has 3 nitrogen and oxygen atoms in total. The van der Waals surface area contributed by atoms with E-state index < -0.39 is 0 Å². The summed E-state index contributed by atoms with van der Waals surface area (Å²) < 4.78 is 5.20. The second-order valence-electron chi connectivity index (χ2n) is 5.21. The lowest BCUT2D eigenvalue weighted by Crippen LogP contribution is -2.42. The van der Waals surface area contributed by atoms with Gasteiger partial charge < -0.3 is 9.64 Å². The first-order valence-corrected chi connectivity index (χ1v) is 6.12. The van der Waals surface area contributed by atoms with Crippen LogP contribution < -0.4 is 9.64 Å². The topological polar surface area (TPSA) is 29.5 Å². The molecule has 0 atom stereocenters. The number of ether oxygens (including phenoxy) is 1. The van der Waals surface area contributed by atoms with E-state index in [-0.39, 0.29) is 11.3 Å². The molecule has 0 saturated heterocycles. The zero-order chi connectivity index (χ0) is 12.2. The van der Waals surface area contributed by atoms with E-state index in [1.807, 2.05) is 18.2 Å². The quantitative estimate of drug-likeness (QED) is 0.783. The van der Waals surface area contributed by atoms with Crippen molar-refractivity contribution in [1.82, 2.24) is 0 Å². The lowest BCUT2D eigenvalue weighted by molar-refractivity contribution is 0.0956. The summed E-state index contributed by atoms with van der Waals surface area (Å²) in [7, 11) is 1.63. The lowest BCUT2D eigenvalue weighted by Gasteiger charge is -2.30. The van der Waals surface area contributed by atoms with E-state index in [0.29, 0.717) is 6.04 Å². The van der Waals surface area contributed by atoms with Gasteiger partial charge >= 0.3 is 0 Å². The zero-order valence-corrected chi connectivity index (χ0v) is 10.5. The van der Waals surface area contributed by atoms with Crippen LogP contribution in [0.15, 0.2) is 18.2 Å². The van der Waals surface area contributed by atoms with Gasteiger partial charge in [-0.3, -0.25) is 4.79 Å². The van der Waals surface area contributed by atoms with Gasteiger partial charge in [0.05, 0.1) is 7.11 Å². The Morgan fingerprint density at radius 3 is 2.59 bits per heavy atom. The minimum atomic E-state index is -0.219. The Morgan fingerprint density at radius 1 is 1.35 bits per heavy atom. The van der Waals surface area contributed by atoms with Gasteiger partial charge in [0.1, 0.15) is 11.3 Å². The number of hydrogen-bond donors (Lipinski definition) is 0. The van der Waals surface area contributed by atoms with E-state index in [0.717, 1.165) is 29.8 Å². The Kier molecular flexibility index (Phi) is 2.03. The molecule has 0 unspecified atom stereocenters. The number of fused-ring (bicyclic) bond motifs is 1. The van der Waals surface area contributed by atoms with E-state index in [9.17, 15) is 4.79 Å². The van der Waals surface area contributed by atoms with Gasteiger partial charge in [0, 0.05) is 17.3 Å². The van der Waals surface area contributed by atoms with Crippen LogP contribution in [0.3, 0.4) is 0 Å². The highest BCUT2D eigenvalue weighted by Gasteiger charge is 2.60. The van der Waals surface area contributed by atoms with Crippen molar-refractivity contribution >= 4 is 11.5 Å². The molecule has 90 valence electrons. The lowest BCUT2D eigenvalue weighted by atomic mass is 10.1. The summed E-state index contributed by atoms with van der Waals surface area (Å²) in [6, 6.07) is 6.18. The first kappa shape index (κ1) is 10.6. The monoisotopic (exact) mass is 231 g/mol. The van der Waals surface area contributed by atoms with Gasteiger partial charge in [-0.1, -0.05) is 0 Å². The number of benzene rings is 1. The molecular formula is C14H17NO2. The molecule has 1 spiro atoms. The largest absolute Gasteiger partial charge is 0.497 e. The summed E-state index contributed by atoms with van der Waals surface area (Å²) in [5, 5.41) is 0. The highest BCUT2D eigenvalue weighted by Crippen LogP contribution is 2.54. The van der Waals surface area contributed by atoms with Crippen LogP contribution in [0.2, 0.25) is 0 Å². The van der Waals surface area contributed by atoms with Gasteiger partial charge in [0.25, 0.3) is 0 Å². The van der Waals surface area contributed by atoms with Gasteiger partial charge in [-0.05, 0) is 44.9 Å². The predicted molar refractivity (Wildman–Crippen MR) is 66.9 cm³/mol. The van der Waals surface area contributed by atoms with E-state index in [1.54, 1.807) is 7.11 Å². The maximum absolute atomic E-state index is 12.5. The second kappa shape index (κ2) is 3.25. The molecule has 17 heavy (non-hydrogen) atoms. The van der Waals surface area contributed by atoms with Crippen molar-refractivity contribution in [2.75, 3.05) is 12.0 Å². The first-order valence-electron chi connectivity index (χ1n) is 6.12. The number of ketones is 1. The average Bonchev–Trinajstić information content (AvgIpc) is 3.05. The van der Waals surface area contributed by atoms with Crippen LogP contribution in [-0.2, 0) is 0 Å². The molecule has 2 aliphatic rings. The van der Waals surface area contributed by atoms with Crippen molar-refractivity contribution in [2.24, 2.45) is 0 Å². The van der Waals surface area contributed by atoms with Crippen LogP contribution in [0.5, 0.6) is 5.75 Å². The second-order valence-corrected chi connectivity index (χ2v) is 5.21. The average molecular weight is 231 g/mol. The molecule has 0 amide bonds. The zero-order valence-electron chi connectivity index (χ0n) is 10.5. The summed E-state index contributed by atoms with van der Waals surface area (Å²) in [5.74, 6) is 1.04. The van der Waals surface area contributed by atoms with Crippen LogP contribution in [0.4, 0.5) is 5.69 Å². The van der Waals surface area contributed by atoms with Crippen LogP contribution >= 0.6 is 0 Å². The number of hydrogen-bond acceptors (Lipinski definition) is 3.